The molecular formula is C15H14O3. The Kier molecular flexibility index (Phi) is 3.63. The molecule has 0 aromatic heterocycles. The van der Waals surface area contributed by atoms with Crippen molar-refractivity contribution in [1.29, 1.82) is 0 Å². The van der Waals surface area contributed by atoms with Gasteiger partial charge in [0.15, 0.2) is 0 Å². The summed E-state index contributed by atoms with van der Waals surface area (Å²) in [4.78, 5) is 11.2. The van der Waals surface area contributed by atoms with Gasteiger partial charge in [-0.15, -0.1) is 0 Å². The van der Waals surface area contributed by atoms with Crippen LogP contribution in [0.4, 0.5) is 0 Å². The third kappa shape index (κ3) is 2.51. The molecule has 0 unspecified atom stereocenters. The van der Waals surface area contributed by atoms with Gasteiger partial charge in [0.25, 0.3) is 0 Å². The molecule has 0 aliphatic heterocycles. The second-order valence-corrected chi connectivity index (χ2v) is 3.88. The highest BCUT2D eigenvalue weighted by atomic mass is 16.5. The first-order chi connectivity index (χ1) is 8.72. The lowest BCUT2D eigenvalue weighted by molar-refractivity contribution is 0.0693. The standard InChI is InChI=1S/C15H14O3/c1-2-3-8-18-14-10-12-7-5-4-6-11(12)9-13(14)15(16)17/h2-7,9-10H,8H2,1H3,(H,16,17)/b3-2+. The number of carboxylic acids is 1. The molecule has 0 heterocycles. The summed E-state index contributed by atoms with van der Waals surface area (Å²) in [5.41, 5.74) is 0.193. The van der Waals surface area contributed by atoms with Crippen molar-refractivity contribution in [2.45, 2.75) is 6.92 Å². The molecule has 0 aliphatic carbocycles. The monoisotopic (exact) mass is 242 g/mol. The van der Waals surface area contributed by atoms with Gasteiger partial charge in [-0.2, -0.15) is 0 Å². The molecule has 0 saturated heterocycles. The molecule has 0 radical (unpaired) electrons. The van der Waals surface area contributed by atoms with Gasteiger partial charge in [-0.1, -0.05) is 36.4 Å². The van der Waals surface area contributed by atoms with Crippen LogP contribution in [0.5, 0.6) is 5.75 Å². The Labute approximate surface area is 105 Å². The van der Waals surface area contributed by atoms with Crippen molar-refractivity contribution in [1.82, 2.24) is 0 Å². The molecule has 0 fully saturated rings. The number of ether oxygens (including phenoxy) is 1. The maximum Gasteiger partial charge on any atom is 0.339 e. The Morgan fingerprint density at radius 3 is 2.56 bits per heavy atom. The van der Waals surface area contributed by atoms with Gasteiger partial charge in [-0.25, -0.2) is 4.79 Å². The van der Waals surface area contributed by atoms with Crippen LogP contribution >= 0.6 is 0 Å². The lowest BCUT2D eigenvalue weighted by atomic mass is 10.1. The Morgan fingerprint density at radius 1 is 1.28 bits per heavy atom. The second-order valence-electron chi connectivity index (χ2n) is 3.88. The highest BCUT2D eigenvalue weighted by molar-refractivity contribution is 5.97. The number of carboxylic acid groups (broad SMARTS) is 1. The summed E-state index contributed by atoms with van der Waals surface area (Å²) in [5, 5.41) is 11.1. The molecular weight excluding hydrogens is 228 g/mol. The summed E-state index contributed by atoms with van der Waals surface area (Å²) < 4.78 is 5.48. The number of hydrogen-bond acceptors (Lipinski definition) is 2. The molecule has 2 aromatic carbocycles. The van der Waals surface area contributed by atoms with E-state index < -0.39 is 5.97 Å². The van der Waals surface area contributed by atoms with E-state index in [1.54, 1.807) is 12.1 Å². The molecule has 3 nitrogen and oxygen atoms in total. The van der Waals surface area contributed by atoms with Crippen molar-refractivity contribution in [3.05, 3.63) is 54.1 Å². The number of carbonyl (C=O) groups is 1. The van der Waals surface area contributed by atoms with E-state index in [1.807, 2.05) is 43.3 Å². The van der Waals surface area contributed by atoms with Crippen LogP contribution in [-0.2, 0) is 0 Å². The van der Waals surface area contributed by atoms with E-state index in [4.69, 9.17) is 4.74 Å². The van der Waals surface area contributed by atoms with E-state index in [0.29, 0.717) is 12.4 Å². The molecule has 0 aliphatic rings. The van der Waals surface area contributed by atoms with Gasteiger partial charge in [-0.05, 0) is 29.8 Å². The highest BCUT2D eigenvalue weighted by Crippen LogP contribution is 2.26. The van der Waals surface area contributed by atoms with Crippen LogP contribution in [-0.4, -0.2) is 17.7 Å². The molecule has 2 aromatic rings. The summed E-state index contributed by atoms with van der Waals surface area (Å²) in [6.07, 6.45) is 3.70. The first-order valence-corrected chi connectivity index (χ1v) is 5.72. The third-order valence-corrected chi connectivity index (χ3v) is 2.65. The van der Waals surface area contributed by atoms with E-state index in [9.17, 15) is 9.90 Å². The number of hydrogen-bond donors (Lipinski definition) is 1. The van der Waals surface area contributed by atoms with Crippen LogP contribution in [0.3, 0.4) is 0 Å². The van der Waals surface area contributed by atoms with E-state index in [1.165, 1.54) is 0 Å². The number of aromatic carboxylic acids is 1. The highest BCUT2D eigenvalue weighted by Gasteiger charge is 2.12. The van der Waals surface area contributed by atoms with Gasteiger partial charge < -0.3 is 9.84 Å². The van der Waals surface area contributed by atoms with Crippen molar-refractivity contribution in [3.63, 3.8) is 0 Å². The molecule has 18 heavy (non-hydrogen) atoms. The molecule has 92 valence electrons. The van der Waals surface area contributed by atoms with Crippen LogP contribution in [0.15, 0.2) is 48.6 Å². The Bertz CT molecular complexity index is 600. The summed E-state index contributed by atoms with van der Waals surface area (Å²) >= 11 is 0. The molecule has 0 saturated carbocycles. The SMILES string of the molecule is C/C=C/COc1cc2ccccc2cc1C(=O)O. The minimum atomic E-state index is -0.976. The predicted octanol–water partition coefficient (Wildman–Crippen LogP) is 3.49. The average molecular weight is 242 g/mol. The van der Waals surface area contributed by atoms with Gasteiger partial charge in [0.2, 0.25) is 0 Å². The summed E-state index contributed by atoms with van der Waals surface area (Å²) in [5.74, 6) is -0.574. The minimum Gasteiger partial charge on any atom is -0.489 e. The molecule has 0 amide bonds. The van der Waals surface area contributed by atoms with E-state index in [-0.39, 0.29) is 5.56 Å². The number of fused-ring (bicyclic) bond motifs is 1. The van der Waals surface area contributed by atoms with E-state index >= 15 is 0 Å². The van der Waals surface area contributed by atoms with Crippen LogP contribution in [0, 0.1) is 0 Å². The molecule has 2 rings (SSSR count). The third-order valence-electron chi connectivity index (χ3n) is 2.65. The summed E-state index contributed by atoms with van der Waals surface area (Å²) in [6.45, 7) is 2.26. The quantitative estimate of drug-likeness (QED) is 0.835. The molecule has 3 heteroatoms. The fraction of sp³-hybridized carbons (Fsp3) is 0.133. The maximum absolute atomic E-state index is 11.2. The zero-order valence-electron chi connectivity index (χ0n) is 10.1. The van der Waals surface area contributed by atoms with Crippen molar-refractivity contribution >= 4 is 16.7 Å². The van der Waals surface area contributed by atoms with Crippen molar-refractivity contribution in [2.75, 3.05) is 6.61 Å². The first kappa shape index (κ1) is 12.2. The average Bonchev–Trinajstić information content (AvgIpc) is 2.38. The Morgan fingerprint density at radius 2 is 1.94 bits per heavy atom. The molecule has 0 atom stereocenters. The number of benzene rings is 2. The fourth-order valence-corrected chi connectivity index (χ4v) is 1.74. The van der Waals surface area contributed by atoms with Crippen molar-refractivity contribution in [2.24, 2.45) is 0 Å². The normalized spacial score (nSPS) is 10.9. The van der Waals surface area contributed by atoms with Gasteiger partial charge >= 0.3 is 5.97 Å². The molecule has 0 spiro atoms. The van der Waals surface area contributed by atoms with Crippen molar-refractivity contribution in [3.8, 4) is 5.75 Å². The number of allylic oxidation sites excluding steroid dienone is 1. The zero-order chi connectivity index (χ0) is 13.0. The van der Waals surface area contributed by atoms with Crippen molar-refractivity contribution < 1.29 is 14.6 Å². The largest absolute Gasteiger partial charge is 0.489 e. The fourth-order valence-electron chi connectivity index (χ4n) is 1.74. The van der Waals surface area contributed by atoms with Crippen LogP contribution in [0.25, 0.3) is 10.8 Å². The maximum atomic E-state index is 11.2. The van der Waals surface area contributed by atoms with Crippen LogP contribution in [0.2, 0.25) is 0 Å². The minimum absolute atomic E-state index is 0.193. The van der Waals surface area contributed by atoms with Gasteiger partial charge in [0, 0.05) is 0 Å². The predicted molar refractivity (Wildman–Crippen MR) is 71.2 cm³/mol. The van der Waals surface area contributed by atoms with E-state index in [0.717, 1.165) is 10.8 Å². The first-order valence-electron chi connectivity index (χ1n) is 5.72. The van der Waals surface area contributed by atoms with Crippen LogP contribution in [0.1, 0.15) is 17.3 Å². The summed E-state index contributed by atoms with van der Waals surface area (Å²) in [7, 11) is 0. The second kappa shape index (κ2) is 5.36. The zero-order valence-corrected chi connectivity index (χ0v) is 10.1. The van der Waals surface area contributed by atoms with Gasteiger partial charge in [-0.3, -0.25) is 0 Å². The number of rotatable bonds is 4. The lowest BCUT2D eigenvalue weighted by Gasteiger charge is -2.09. The lowest BCUT2D eigenvalue weighted by Crippen LogP contribution is -2.03. The van der Waals surface area contributed by atoms with Crippen LogP contribution < -0.4 is 4.74 Å². The Hall–Kier alpha value is -2.29. The Balaban J connectivity index is 2.47. The summed E-state index contributed by atoms with van der Waals surface area (Å²) in [6, 6.07) is 11.0. The van der Waals surface area contributed by atoms with E-state index in [2.05, 4.69) is 0 Å². The van der Waals surface area contributed by atoms with Gasteiger partial charge in [0.05, 0.1) is 0 Å². The molecule has 1 N–H and O–H groups in total. The smallest absolute Gasteiger partial charge is 0.339 e. The molecule has 0 bridgehead atoms. The topological polar surface area (TPSA) is 46.5 Å². The van der Waals surface area contributed by atoms with Gasteiger partial charge in [0.1, 0.15) is 17.9 Å².